The van der Waals surface area contributed by atoms with E-state index >= 15 is 0 Å². The molecule has 1 heterocycles. The summed E-state index contributed by atoms with van der Waals surface area (Å²) in [5.41, 5.74) is 0. The molecule has 0 bridgehead atoms. The predicted molar refractivity (Wildman–Crippen MR) is 80.2 cm³/mol. The average Bonchev–Trinajstić information content (AvgIpc) is 2.97. The van der Waals surface area contributed by atoms with Crippen LogP contribution >= 0.6 is 0 Å². The molecule has 2 fully saturated rings. The second-order valence-corrected chi connectivity index (χ2v) is 8.01. The van der Waals surface area contributed by atoms with E-state index in [0.29, 0.717) is 19.5 Å². The Bertz CT molecular complexity index is 460. The van der Waals surface area contributed by atoms with Gasteiger partial charge >= 0.3 is 0 Å². The number of aliphatic hydroxyl groups excluding tert-OH is 1. The highest BCUT2D eigenvalue weighted by Crippen LogP contribution is 2.27. The first kappa shape index (κ1) is 16.7. The molecule has 0 radical (unpaired) electrons. The van der Waals surface area contributed by atoms with Crippen LogP contribution in [0.4, 0.5) is 0 Å². The highest BCUT2D eigenvalue weighted by atomic mass is 32.2. The van der Waals surface area contributed by atoms with Crippen molar-refractivity contribution in [1.82, 2.24) is 9.21 Å². The minimum absolute atomic E-state index is 0.0756. The van der Waals surface area contributed by atoms with Crippen molar-refractivity contribution in [2.45, 2.75) is 57.0 Å². The molecule has 0 aromatic heterocycles. The summed E-state index contributed by atoms with van der Waals surface area (Å²) in [5, 5.41) is 9.24. The van der Waals surface area contributed by atoms with E-state index in [1.165, 1.54) is 10.6 Å². The van der Waals surface area contributed by atoms with Crippen molar-refractivity contribution in [3.8, 4) is 0 Å². The van der Waals surface area contributed by atoms with Crippen LogP contribution in [0.2, 0.25) is 0 Å². The molecule has 1 aliphatic heterocycles. The largest absolute Gasteiger partial charge is 0.395 e. The molecule has 122 valence electrons. The standard InChI is InChI=1S/C14H26N2O4S/c1-21(19,20)16-9-5-4-8-13(16)14(18)15(10-11-17)12-6-2-3-7-12/h12-13,17H,2-11H2,1H3. The van der Waals surface area contributed by atoms with Gasteiger partial charge in [-0.05, 0) is 25.7 Å². The van der Waals surface area contributed by atoms with E-state index in [-0.39, 0.29) is 18.6 Å². The molecule has 2 aliphatic rings. The molecule has 2 rings (SSSR count). The smallest absolute Gasteiger partial charge is 0.241 e. The van der Waals surface area contributed by atoms with Crippen molar-refractivity contribution in [2.24, 2.45) is 0 Å². The van der Waals surface area contributed by atoms with E-state index in [2.05, 4.69) is 0 Å². The molecule has 6 nitrogen and oxygen atoms in total. The van der Waals surface area contributed by atoms with Crippen LogP contribution in [0.5, 0.6) is 0 Å². The Kier molecular flexibility index (Phi) is 5.62. The SMILES string of the molecule is CS(=O)(=O)N1CCCCC1C(=O)N(CCO)C1CCCC1. The van der Waals surface area contributed by atoms with Crippen LogP contribution in [0.15, 0.2) is 0 Å². The van der Waals surface area contributed by atoms with Gasteiger partial charge in [-0.1, -0.05) is 19.3 Å². The number of rotatable bonds is 5. The average molecular weight is 318 g/mol. The number of aliphatic hydroxyl groups is 1. The fourth-order valence-electron chi connectivity index (χ4n) is 3.54. The molecule has 0 aromatic rings. The molecular weight excluding hydrogens is 292 g/mol. The Morgan fingerprint density at radius 3 is 2.38 bits per heavy atom. The maximum absolute atomic E-state index is 12.8. The number of hydrogen-bond donors (Lipinski definition) is 1. The number of sulfonamides is 1. The molecule has 7 heteroatoms. The highest BCUT2D eigenvalue weighted by molar-refractivity contribution is 7.88. The minimum Gasteiger partial charge on any atom is -0.395 e. The molecule has 1 N–H and O–H groups in total. The van der Waals surface area contributed by atoms with E-state index in [0.717, 1.165) is 38.5 Å². The minimum atomic E-state index is -3.37. The summed E-state index contributed by atoms with van der Waals surface area (Å²) in [6.07, 6.45) is 7.54. The van der Waals surface area contributed by atoms with Crippen molar-refractivity contribution >= 4 is 15.9 Å². The maximum Gasteiger partial charge on any atom is 0.241 e. The zero-order chi connectivity index (χ0) is 15.5. The Balaban J connectivity index is 2.17. The van der Waals surface area contributed by atoms with Crippen molar-refractivity contribution in [3.63, 3.8) is 0 Å². The van der Waals surface area contributed by atoms with Crippen LogP contribution in [0, 0.1) is 0 Å². The summed E-state index contributed by atoms with van der Waals surface area (Å²) in [6.45, 7) is 0.651. The summed E-state index contributed by atoms with van der Waals surface area (Å²) in [6, 6.07) is -0.422. The van der Waals surface area contributed by atoms with Gasteiger partial charge in [-0.2, -0.15) is 4.31 Å². The van der Waals surface area contributed by atoms with Crippen LogP contribution < -0.4 is 0 Å². The molecule has 0 spiro atoms. The number of hydrogen-bond acceptors (Lipinski definition) is 4. The molecule has 1 aliphatic carbocycles. The molecule has 1 amide bonds. The van der Waals surface area contributed by atoms with E-state index in [9.17, 15) is 18.3 Å². The van der Waals surface area contributed by atoms with Crippen molar-refractivity contribution < 1.29 is 18.3 Å². The van der Waals surface area contributed by atoms with E-state index < -0.39 is 16.1 Å². The molecule has 0 aromatic carbocycles. The Hall–Kier alpha value is -0.660. The zero-order valence-corrected chi connectivity index (χ0v) is 13.5. The van der Waals surface area contributed by atoms with Gasteiger partial charge in [-0.15, -0.1) is 0 Å². The van der Waals surface area contributed by atoms with E-state index in [1.54, 1.807) is 4.90 Å². The van der Waals surface area contributed by atoms with Gasteiger partial charge in [0, 0.05) is 19.1 Å². The molecule has 21 heavy (non-hydrogen) atoms. The van der Waals surface area contributed by atoms with Crippen molar-refractivity contribution in [2.75, 3.05) is 26.0 Å². The first-order valence-electron chi connectivity index (χ1n) is 7.83. The molecular formula is C14H26N2O4S. The van der Waals surface area contributed by atoms with E-state index in [4.69, 9.17) is 0 Å². The number of piperidine rings is 1. The summed E-state index contributed by atoms with van der Waals surface area (Å²) >= 11 is 0. The lowest BCUT2D eigenvalue weighted by molar-refractivity contribution is -0.139. The third-order valence-electron chi connectivity index (χ3n) is 4.55. The summed E-state index contributed by atoms with van der Waals surface area (Å²) in [7, 11) is -3.37. The molecule has 1 saturated carbocycles. The van der Waals surface area contributed by atoms with Crippen LogP contribution in [-0.2, 0) is 14.8 Å². The summed E-state index contributed by atoms with van der Waals surface area (Å²) in [4.78, 5) is 14.6. The third-order valence-corrected chi connectivity index (χ3v) is 5.84. The first-order valence-corrected chi connectivity index (χ1v) is 9.68. The number of amides is 1. The quantitative estimate of drug-likeness (QED) is 0.803. The molecule has 1 unspecified atom stereocenters. The number of carbonyl (C=O) groups is 1. The van der Waals surface area contributed by atoms with Crippen LogP contribution in [0.3, 0.4) is 0 Å². The van der Waals surface area contributed by atoms with Gasteiger partial charge in [0.25, 0.3) is 0 Å². The van der Waals surface area contributed by atoms with Crippen LogP contribution in [0.1, 0.15) is 44.9 Å². The number of carbonyl (C=O) groups excluding carboxylic acids is 1. The predicted octanol–water partition coefficient (Wildman–Crippen LogP) is 0.564. The monoisotopic (exact) mass is 318 g/mol. The van der Waals surface area contributed by atoms with Gasteiger partial charge in [-0.3, -0.25) is 4.79 Å². The molecule has 1 saturated heterocycles. The van der Waals surface area contributed by atoms with Gasteiger partial charge in [0.2, 0.25) is 15.9 Å². The Morgan fingerprint density at radius 1 is 1.19 bits per heavy atom. The fraction of sp³-hybridized carbons (Fsp3) is 0.929. The van der Waals surface area contributed by atoms with Crippen LogP contribution in [0.25, 0.3) is 0 Å². The van der Waals surface area contributed by atoms with Crippen molar-refractivity contribution in [1.29, 1.82) is 0 Å². The second-order valence-electron chi connectivity index (χ2n) is 6.08. The van der Waals surface area contributed by atoms with Gasteiger partial charge in [0.15, 0.2) is 0 Å². The fourth-order valence-corrected chi connectivity index (χ4v) is 4.66. The summed E-state index contributed by atoms with van der Waals surface area (Å²) in [5.74, 6) is -0.124. The normalized spacial score (nSPS) is 25.1. The van der Waals surface area contributed by atoms with Gasteiger partial charge in [-0.25, -0.2) is 8.42 Å². The maximum atomic E-state index is 12.8. The van der Waals surface area contributed by atoms with Crippen LogP contribution in [-0.4, -0.2) is 66.7 Å². The summed E-state index contributed by atoms with van der Waals surface area (Å²) < 4.78 is 25.2. The van der Waals surface area contributed by atoms with Gasteiger partial charge in [0.05, 0.1) is 12.9 Å². The lowest BCUT2D eigenvalue weighted by Crippen LogP contribution is -2.55. The lowest BCUT2D eigenvalue weighted by Gasteiger charge is -2.38. The number of nitrogens with zero attached hydrogens (tertiary/aromatic N) is 2. The second kappa shape index (κ2) is 7.07. The van der Waals surface area contributed by atoms with Gasteiger partial charge < -0.3 is 10.0 Å². The third kappa shape index (κ3) is 3.96. The highest BCUT2D eigenvalue weighted by Gasteiger charge is 2.38. The van der Waals surface area contributed by atoms with E-state index in [1.807, 2.05) is 0 Å². The Morgan fingerprint density at radius 2 is 1.81 bits per heavy atom. The topological polar surface area (TPSA) is 77.9 Å². The van der Waals surface area contributed by atoms with Gasteiger partial charge in [0.1, 0.15) is 6.04 Å². The zero-order valence-electron chi connectivity index (χ0n) is 12.7. The van der Waals surface area contributed by atoms with Crippen molar-refractivity contribution in [3.05, 3.63) is 0 Å². The Labute approximate surface area is 127 Å². The first-order chi connectivity index (χ1) is 9.95. The molecule has 1 atom stereocenters. The lowest BCUT2D eigenvalue weighted by atomic mass is 10.0.